The van der Waals surface area contributed by atoms with Gasteiger partial charge in [0.05, 0.1) is 0 Å². The standard InChI is InChI=1S/C6H14NO3P.Y/c7-5-3-1-2-4-6-10-11(8)9;/h1-7H2;/p+1. The maximum Gasteiger partial charge on any atom is 0.694 e. The second-order valence-corrected chi connectivity index (χ2v) is 3.01. The first-order chi connectivity index (χ1) is 5.27. The molecule has 0 aromatic rings. The minimum absolute atomic E-state index is 0. The first-order valence-electron chi connectivity index (χ1n) is 3.76. The van der Waals surface area contributed by atoms with Crippen molar-refractivity contribution in [1.82, 2.24) is 0 Å². The van der Waals surface area contributed by atoms with Crippen molar-refractivity contribution >= 4 is 8.25 Å². The number of nitrogens with two attached hydrogens (primary N) is 1. The number of hydrogen-bond donors (Lipinski definition) is 2. The molecule has 0 aliphatic heterocycles. The van der Waals surface area contributed by atoms with Gasteiger partial charge in [-0.05, 0) is 19.4 Å². The molecule has 0 heterocycles. The van der Waals surface area contributed by atoms with Gasteiger partial charge in [0.2, 0.25) is 0 Å². The molecular weight excluding hydrogens is 254 g/mol. The number of hydrogen-bond acceptors (Lipinski definition) is 3. The molecular formula is C6H15NO3PY+. The van der Waals surface area contributed by atoms with E-state index in [0.29, 0.717) is 6.61 Å². The molecule has 0 spiro atoms. The van der Waals surface area contributed by atoms with Crippen molar-refractivity contribution in [3.8, 4) is 0 Å². The van der Waals surface area contributed by atoms with Crippen molar-refractivity contribution in [3.63, 3.8) is 0 Å². The van der Waals surface area contributed by atoms with Gasteiger partial charge in [0, 0.05) is 37.3 Å². The largest absolute Gasteiger partial charge is 0.694 e. The fourth-order valence-electron chi connectivity index (χ4n) is 0.743. The smallest absolute Gasteiger partial charge is 0.330 e. The van der Waals surface area contributed by atoms with Gasteiger partial charge in [0.1, 0.15) is 6.61 Å². The number of rotatable bonds is 7. The molecule has 12 heavy (non-hydrogen) atoms. The van der Waals surface area contributed by atoms with Gasteiger partial charge in [0.25, 0.3) is 0 Å². The maximum atomic E-state index is 9.99. The first-order valence-corrected chi connectivity index (χ1v) is 4.89. The van der Waals surface area contributed by atoms with Gasteiger partial charge in [-0.2, -0.15) is 0 Å². The van der Waals surface area contributed by atoms with Crippen LogP contribution in [0.1, 0.15) is 25.7 Å². The van der Waals surface area contributed by atoms with E-state index in [9.17, 15) is 4.57 Å². The molecule has 0 bridgehead atoms. The van der Waals surface area contributed by atoms with Gasteiger partial charge in [-0.3, -0.25) is 0 Å². The Kier molecular flexibility index (Phi) is 15.7. The molecule has 4 nitrogen and oxygen atoms in total. The predicted molar refractivity (Wildman–Crippen MR) is 43.3 cm³/mol. The molecule has 0 amide bonds. The third kappa shape index (κ3) is 13.7. The second kappa shape index (κ2) is 12.1. The molecule has 0 aromatic carbocycles. The van der Waals surface area contributed by atoms with E-state index < -0.39 is 8.25 Å². The normalized spacial score (nSPS) is 10.7. The Labute approximate surface area is 99.1 Å². The summed E-state index contributed by atoms with van der Waals surface area (Å²) in [4.78, 5) is 8.22. The second-order valence-electron chi connectivity index (χ2n) is 2.27. The van der Waals surface area contributed by atoms with Crippen molar-refractivity contribution in [1.29, 1.82) is 0 Å². The third-order valence-corrected chi connectivity index (χ3v) is 1.70. The van der Waals surface area contributed by atoms with E-state index in [-0.39, 0.29) is 32.7 Å². The summed E-state index contributed by atoms with van der Waals surface area (Å²) >= 11 is 0. The zero-order valence-electron chi connectivity index (χ0n) is 7.11. The Hall–Kier alpha value is 1.08. The van der Waals surface area contributed by atoms with Crippen LogP contribution in [0, 0.1) is 0 Å². The van der Waals surface area contributed by atoms with Gasteiger partial charge in [0.15, 0.2) is 0 Å². The maximum absolute atomic E-state index is 9.99. The fraction of sp³-hybridized carbons (Fsp3) is 1.00. The number of unbranched alkanes of at least 4 members (excludes halogenated alkanes) is 3. The molecule has 0 saturated carbocycles. The van der Waals surface area contributed by atoms with E-state index in [0.717, 1.165) is 32.2 Å². The molecule has 1 radical (unpaired) electrons. The molecule has 3 N–H and O–H groups in total. The molecule has 1 atom stereocenters. The van der Waals surface area contributed by atoms with Gasteiger partial charge >= 0.3 is 8.25 Å². The molecule has 0 saturated heterocycles. The average molecular weight is 269 g/mol. The van der Waals surface area contributed by atoms with Gasteiger partial charge in [-0.1, -0.05) is 12.8 Å². The molecule has 0 rings (SSSR count). The average Bonchev–Trinajstić information content (AvgIpc) is 1.96. The van der Waals surface area contributed by atoms with Crippen LogP contribution in [0.4, 0.5) is 0 Å². The van der Waals surface area contributed by atoms with Crippen LogP contribution in [-0.4, -0.2) is 18.0 Å². The Morgan fingerprint density at radius 3 is 2.33 bits per heavy atom. The van der Waals surface area contributed by atoms with Crippen LogP contribution in [-0.2, 0) is 41.8 Å². The SMILES string of the molecule is NCCCCCCO[P+](=O)O.[Y]. The van der Waals surface area contributed by atoms with Gasteiger partial charge in [-0.15, -0.1) is 9.42 Å². The Balaban J connectivity index is 0. The summed E-state index contributed by atoms with van der Waals surface area (Å²) in [5, 5.41) is 0. The minimum Gasteiger partial charge on any atom is -0.330 e. The quantitative estimate of drug-likeness (QED) is 0.537. The van der Waals surface area contributed by atoms with Crippen LogP contribution in [0.3, 0.4) is 0 Å². The topological polar surface area (TPSA) is 72.5 Å². The third-order valence-electron chi connectivity index (χ3n) is 1.30. The van der Waals surface area contributed by atoms with Crippen molar-refractivity contribution in [2.24, 2.45) is 5.73 Å². The zero-order chi connectivity index (χ0) is 8.53. The van der Waals surface area contributed by atoms with Crippen LogP contribution in [0.15, 0.2) is 0 Å². The summed E-state index contributed by atoms with van der Waals surface area (Å²) in [5.41, 5.74) is 5.27. The summed E-state index contributed by atoms with van der Waals surface area (Å²) in [6.07, 6.45) is 3.94. The zero-order valence-corrected chi connectivity index (χ0v) is 10.8. The molecule has 69 valence electrons. The van der Waals surface area contributed by atoms with Crippen molar-refractivity contribution in [3.05, 3.63) is 0 Å². The monoisotopic (exact) mass is 269 g/mol. The van der Waals surface area contributed by atoms with Crippen LogP contribution in [0.25, 0.3) is 0 Å². The summed E-state index contributed by atoms with van der Waals surface area (Å²) < 4.78 is 14.4. The van der Waals surface area contributed by atoms with Crippen molar-refractivity contribution in [2.75, 3.05) is 13.2 Å². The Morgan fingerprint density at radius 1 is 1.25 bits per heavy atom. The van der Waals surface area contributed by atoms with E-state index in [2.05, 4.69) is 4.52 Å². The molecule has 1 unspecified atom stereocenters. The van der Waals surface area contributed by atoms with E-state index in [4.69, 9.17) is 10.6 Å². The van der Waals surface area contributed by atoms with E-state index >= 15 is 0 Å². The Morgan fingerprint density at radius 2 is 1.83 bits per heavy atom. The molecule has 0 fully saturated rings. The molecule has 6 heteroatoms. The van der Waals surface area contributed by atoms with Crippen LogP contribution >= 0.6 is 8.25 Å². The molecule has 0 aromatic heterocycles. The van der Waals surface area contributed by atoms with Crippen LogP contribution < -0.4 is 5.73 Å². The van der Waals surface area contributed by atoms with E-state index in [1.54, 1.807) is 0 Å². The van der Waals surface area contributed by atoms with E-state index in [1.165, 1.54) is 0 Å². The summed E-state index contributed by atoms with van der Waals surface area (Å²) in [5.74, 6) is 0. The predicted octanol–water partition coefficient (Wildman–Crippen LogP) is 1.17. The first kappa shape index (κ1) is 15.6. The van der Waals surface area contributed by atoms with Crippen LogP contribution in [0.5, 0.6) is 0 Å². The molecule has 0 aliphatic carbocycles. The van der Waals surface area contributed by atoms with Crippen molar-refractivity contribution in [2.45, 2.75) is 25.7 Å². The summed E-state index contributed by atoms with van der Waals surface area (Å²) in [6.45, 7) is 1.09. The van der Waals surface area contributed by atoms with Gasteiger partial charge < -0.3 is 5.73 Å². The molecule has 0 aliphatic rings. The van der Waals surface area contributed by atoms with Crippen LogP contribution in [0.2, 0.25) is 0 Å². The summed E-state index contributed by atoms with van der Waals surface area (Å²) in [6, 6.07) is 0. The van der Waals surface area contributed by atoms with Crippen molar-refractivity contribution < 1.29 is 46.7 Å². The van der Waals surface area contributed by atoms with Gasteiger partial charge in [-0.25, -0.2) is 0 Å². The van der Waals surface area contributed by atoms with E-state index in [1.807, 2.05) is 0 Å². The Bertz CT molecular complexity index is 115. The minimum atomic E-state index is -2.40. The fourth-order valence-corrected chi connectivity index (χ4v) is 1.03. The summed E-state index contributed by atoms with van der Waals surface area (Å²) in [7, 11) is -2.40.